The van der Waals surface area contributed by atoms with Gasteiger partial charge in [-0.05, 0) is 64.8 Å². The van der Waals surface area contributed by atoms with Gasteiger partial charge in [0.2, 0.25) is 0 Å². The normalized spacial score (nSPS) is 12.4. The molecule has 0 aliphatic heterocycles. The summed E-state index contributed by atoms with van der Waals surface area (Å²) >= 11 is 9.35. The van der Waals surface area contributed by atoms with Crippen LogP contribution < -0.4 is 5.32 Å². The smallest absolute Gasteiger partial charge is 0.159 e. The summed E-state index contributed by atoms with van der Waals surface area (Å²) in [6, 6.07) is 9.59. The van der Waals surface area contributed by atoms with Crippen LogP contribution in [-0.4, -0.2) is 7.05 Å². The minimum Gasteiger partial charge on any atom is -0.313 e. The van der Waals surface area contributed by atoms with Gasteiger partial charge in [0.1, 0.15) is 0 Å². The highest BCUT2D eigenvalue weighted by Crippen LogP contribution is 2.27. The molecular formula is C15H13BrClF2N. The number of nitrogens with one attached hydrogen (secondary N) is 1. The van der Waals surface area contributed by atoms with Crippen LogP contribution >= 0.6 is 27.5 Å². The standard InChI is InChI=1S/C15H13BrClF2N/c1-20-15(10-3-4-12(17)11(16)8-10)7-9-2-5-13(18)14(19)6-9/h2-6,8,15,20H,7H2,1H3. The van der Waals surface area contributed by atoms with E-state index in [4.69, 9.17) is 11.6 Å². The zero-order valence-corrected chi connectivity index (χ0v) is 13.1. The lowest BCUT2D eigenvalue weighted by Gasteiger charge is -2.17. The molecule has 0 aromatic heterocycles. The molecule has 0 saturated heterocycles. The van der Waals surface area contributed by atoms with Gasteiger partial charge in [-0.25, -0.2) is 8.78 Å². The van der Waals surface area contributed by atoms with E-state index in [9.17, 15) is 8.78 Å². The van der Waals surface area contributed by atoms with Crippen molar-refractivity contribution in [3.63, 3.8) is 0 Å². The summed E-state index contributed by atoms with van der Waals surface area (Å²) in [4.78, 5) is 0. The first-order valence-electron chi connectivity index (χ1n) is 6.07. The zero-order valence-electron chi connectivity index (χ0n) is 10.8. The molecule has 2 aromatic rings. The fourth-order valence-corrected chi connectivity index (χ4v) is 2.53. The van der Waals surface area contributed by atoms with Gasteiger partial charge in [0.05, 0.1) is 5.02 Å². The Labute approximate surface area is 130 Å². The largest absolute Gasteiger partial charge is 0.313 e. The van der Waals surface area contributed by atoms with Gasteiger partial charge < -0.3 is 5.32 Å². The maximum absolute atomic E-state index is 13.2. The van der Waals surface area contributed by atoms with Gasteiger partial charge in [-0.3, -0.25) is 0 Å². The average Bonchev–Trinajstić information content (AvgIpc) is 2.43. The molecule has 0 fully saturated rings. The first kappa shape index (κ1) is 15.4. The van der Waals surface area contributed by atoms with E-state index < -0.39 is 11.6 Å². The van der Waals surface area contributed by atoms with Crippen molar-refractivity contribution in [3.05, 3.63) is 68.7 Å². The van der Waals surface area contributed by atoms with Crippen molar-refractivity contribution in [1.29, 1.82) is 0 Å². The number of hydrogen-bond donors (Lipinski definition) is 1. The predicted molar refractivity (Wildman–Crippen MR) is 81.0 cm³/mol. The molecule has 2 rings (SSSR count). The fraction of sp³-hybridized carbons (Fsp3) is 0.200. The van der Waals surface area contributed by atoms with Gasteiger partial charge in [0.15, 0.2) is 11.6 Å². The summed E-state index contributed by atoms with van der Waals surface area (Å²) in [7, 11) is 1.83. The van der Waals surface area contributed by atoms with Crippen molar-refractivity contribution in [2.45, 2.75) is 12.5 Å². The second-order valence-corrected chi connectivity index (χ2v) is 5.73. The highest BCUT2D eigenvalue weighted by molar-refractivity contribution is 9.10. The van der Waals surface area contributed by atoms with E-state index in [1.807, 2.05) is 19.2 Å². The van der Waals surface area contributed by atoms with Crippen molar-refractivity contribution in [3.8, 4) is 0 Å². The Balaban J connectivity index is 2.23. The van der Waals surface area contributed by atoms with Crippen molar-refractivity contribution < 1.29 is 8.78 Å². The van der Waals surface area contributed by atoms with E-state index in [0.717, 1.165) is 21.7 Å². The molecule has 1 nitrogen and oxygen atoms in total. The quantitative estimate of drug-likeness (QED) is 0.819. The van der Waals surface area contributed by atoms with E-state index in [-0.39, 0.29) is 6.04 Å². The Bertz CT molecular complexity index is 619. The van der Waals surface area contributed by atoms with Crippen molar-refractivity contribution >= 4 is 27.5 Å². The van der Waals surface area contributed by atoms with Crippen LogP contribution in [0, 0.1) is 11.6 Å². The molecule has 0 bridgehead atoms. The molecule has 0 radical (unpaired) electrons. The molecule has 0 spiro atoms. The second-order valence-electron chi connectivity index (χ2n) is 4.47. The third kappa shape index (κ3) is 3.57. The molecule has 0 amide bonds. The minimum absolute atomic E-state index is 0.00609. The first-order valence-corrected chi connectivity index (χ1v) is 7.24. The summed E-state index contributed by atoms with van der Waals surface area (Å²) in [5.74, 6) is -1.65. The molecule has 5 heteroatoms. The molecule has 0 aliphatic carbocycles. The number of halogens is 4. The SMILES string of the molecule is CNC(Cc1ccc(F)c(F)c1)c1ccc(Cl)c(Br)c1. The monoisotopic (exact) mass is 359 g/mol. The van der Waals surface area contributed by atoms with E-state index in [0.29, 0.717) is 11.4 Å². The Morgan fingerprint density at radius 2 is 1.90 bits per heavy atom. The second kappa shape index (κ2) is 6.66. The highest BCUT2D eigenvalue weighted by Gasteiger charge is 2.13. The molecule has 106 valence electrons. The molecule has 0 saturated carbocycles. The van der Waals surface area contributed by atoms with Crippen LogP contribution in [0.3, 0.4) is 0 Å². The molecular weight excluding hydrogens is 348 g/mol. The minimum atomic E-state index is -0.830. The molecule has 1 atom stereocenters. The lowest BCUT2D eigenvalue weighted by molar-refractivity contribution is 0.504. The highest BCUT2D eigenvalue weighted by atomic mass is 79.9. The Kier molecular flexibility index (Phi) is 5.13. The van der Waals surface area contributed by atoms with Gasteiger partial charge in [-0.1, -0.05) is 23.7 Å². The summed E-state index contributed by atoms with van der Waals surface area (Å²) in [5.41, 5.74) is 1.75. The fourth-order valence-electron chi connectivity index (χ4n) is 2.02. The predicted octanol–water partition coefficient (Wildman–Crippen LogP) is 4.88. The Morgan fingerprint density at radius 1 is 1.15 bits per heavy atom. The van der Waals surface area contributed by atoms with Crippen molar-refractivity contribution in [2.24, 2.45) is 0 Å². The third-order valence-corrected chi connectivity index (χ3v) is 4.33. The number of likely N-dealkylation sites (N-methyl/N-ethyl adjacent to an activating group) is 1. The molecule has 0 aliphatic rings. The van der Waals surface area contributed by atoms with Crippen LogP contribution in [0.5, 0.6) is 0 Å². The maximum atomic E-state index is 13.2. The number of hydrogen-bond acceptors (Lipinski definition) is 1. The first-order chi connectivity index (χ1) is 9.51. The van der Waals surface area contributed by atoms with Gasteiger partial charge >= 0.3 is 0 Å². The summed E-state index contributed by atoms with van der Waals surface area (Å²) in [5, 5.41) is 3.80. The van der Waals surface area contributed by atoms with Crippen LogP contribution in [0.15, 0.2) is 40.9 Å². The van der Waals surface area contributed by atoms with E-state index >= 15 is 0 Å². The Morgan fingerprint density at radius 3 is 2.50 bits per heavy atom. The molecule has 2 aromatic carbocycles. The van der Waals surface area contributed by atoms with Gasteiger partial charge in [0, 0.05) is 10.5 Å². The zero-order chi connectivity index (χ0) is 14.7. The molecule has 1 unspecified atom stereocenters. The maximum Gasteiger partial charge on any atom is 0.159 e. The van der Waals surface area contributed by atoms with Crippen molar-refractivity contribution in [1.82, 2.24) is 5.32 Å². The van der Waals surface area contributed by atoms with E-state index in [2.05, 4.69) is 21.2 Å². The Hall–Kier alpha value is -0.970. The van der Waals surface area contributed by atoms with Gasteiger partial charge in [-0.2, -0.15) is 0 Å². The summed E-state index contributed by atoms with van der Waals surface area (Å²) in [6.07, 6.45) is 0.557. The van der Waals surface area contributed by atoms with Crippen LogP contribution in [-0.2, 0) is 6.42 Å². The van der Waals surface area contributed by atoms with Crippen LogP contribution in [0.1, 0.15) is 17.2 Å². The lowest BCUT2D eigenvalue weighted by atomic mass is 9.99. The van der Waals surface area contributed by atoms with Crippen LogP contribution in [0.25, 0.3) is 0 Å². The topological polar surface area (TPSA) is 12.0 Å². The van der Waals surface area contributed by atoms with Gasteiger partial charge in [-0.15, -0.1) is 0 Å². The number of rotatable bonds is 4. The summed E-state index contributed by atoms with van der Waals surface area (Å²) < 4.78 is 27.0. The van der Waals surface area contributed by atoms with Crippen molar-refractivity contribution in [2.75, 3.05) is 7.05 Å². The van der Waals surface area contributed by atoms with Gasteiger partial charge in [0.25, 0.3) is 0 Å². The number of benzene rings is 2. The average molecular weight is 361 g/mol. The molecule has 0 heterocycles. The summed E-state index contributed by atoms with van der Waals surface area (Å²) in [6.45, 7) is 0. The van der Waals surface area contributed by atoms with E-state index in [1.165, 1.54) is 6.07 Å². The van der Waals surface area contributed by atoms with Crippen LogP contribution in [0.4, 0.5) is 8.78 Å². The van der Waals surface area contributed by atoms with Crippen LogP contribution in [0.2, 0.25) is 5.02 Å². The van der Waals surface area contributed by atoms with E-state index in [1.54, 1.807) is 12.1 Å². The lowest BCUT2D eigenvalue weighted by Crippen LogP contribution is -2.19. The molecule has 1 N–H and O–H groups in total. The third-order valence-electron chi connectivity index (χ3n) is 3.12. The molecule has 20 heavy (non-hydrogen) atoms.